The van der Waals surface area contributed by atoms with E-state index in [2.05, 4.69) is 7.40 Å². The van der Waals surface area contributed by atoms with Gasteiger partial charge in [0.2, 0.25) is 0 Å². The van der Waals surface area contributed by atoms with Crippen molar-refractivity contribution in [3.8, 4) is 0 Å². The fourth-order valence-corrected chi connectivity index (χ4v) is 0. The van der Waals surface area contributed by atoms with Crippen molar-refractivity contribution in [1.82, 2.24) is 0 Å². The van der Waals surface area contributed by atoms with Crippen molar-refractivity contribution in [2.75, 3.05) is 0 Å². The van der Waals surface area contributed by atoms with Crippen LogP contribution in [-0.2, 0) is 0 Å². The van der Waals surface area contributed by atoms with E-state index in [0.29, 0.717) is 7.38 Å². The first-order chi connectivity index (χ1) is 2.41. The molecule has 0 radical (unpaired) electrons. The molecule has 0 heterocycles. The molecule has 0 rings (SSSR count). The van der Waals surface area contributed by atoms with E-state index < -0.39 is 0 Å². The minimum Gasteiger partial charge on any atom is -0.358 e. The van der Waals surface area contributed by atoms with Crippen LogP contribution in [-0.4, -0.2) is 0 Å². The summed E-state index contributed by atoms with van der Waals surface area (Å²) in [7, 11) is 3.00. The molecule has 0 atom stereocenters. The molecule has 0 saturated carbocycles. The van der Waals surface area contributed by atoms with Crippen LogP contribution in [0.5, 0.6) is 0 Å². The Morgan fingerprint density at radius 1 is 0.875 bits per heavy atom. The Morgan fingerprint density at radius 2 is 0.875 bits per heavy atom. The van der Waals surface area contributed by atoms with E-state index in [4.69, 9.17) is 4.11 Å². The second-order valence-electron chi connectivity index (χ2n) is 0. The minimum atomic E-state index is 0. The van der Waals surface area contributed by atoms with Crippen molar-refractivity contribution in [2.24, 2.45) is 0 Å². The molecule has 0 aliphatic rings. The molecule has 0 spiro atoms. The summed E-state index contributed by atoms with van der Waals surface area (Å²) in [5, 5.41) is 0. The summed E-state index contributed by atoms with van der Waals surface area (Å²) in [6, 6.07) is 0. The third kappa shape index (κ3) is 45.7. The van der Waals surface area contributed by atoms with Crippen LogP contribution in [0.25, 0.3) is 0 Å². The van der Waals surface area contributed by atoms with Gasteiger partial charge in [0.05, 0.1) is 0 Å². The van der Waals surface area contributed by atoms with Crippen LogP contribution in [0.2, 0.25) is 0 Å². The maximum absolute atomic E-state index is 5.75. The second-order valence-corrected chi connectivity index (χ2v) is 0. The van der Waals surface area contributed by atoms with Gasteiger partial charge in [-0.05, 0) is 0 Å². The van der Waals surface area contributed by atoms with Crippen LogP contribution in [0, 0.1) is 14.8 Å². The third-order valence-electron chi connectivity index (χ3n) is 0. The monoisotopic (exact) mass is 250 g/mol. The molecular formula is C2H14K2S4. The van der Waals surface area contributed by atoms with E-state index in [0.717, 1.165) is 0 Å². The van der Waals surface area contributed by atoms with Crippen molar-refractivity contribution < 1.29 is 107 Å². The van der Waals surface area contributed by atoms with Gasteiger partial charge in [0.15, 0.2) is 0 Å². The first-order valence-corrected chi connectivity index (χ1v) is 0. The van der Waals surface area contributed by atoms with E-state index >= 15 is 0 Å². The summed E-state index contributed by atoms with van der Waals surface area (Å²) in [6.07, 6.45) is 0. The molecule has 0 N–H and O–H groups in total. The molecule has 0 aromatic heterocycles. The predicted octanol–water partition coefficient (Wildman–Crippen LogP) is -4.64. The van der Waals surface area contributed by atoms with E-state index in [-0.39, 0.29) is 157 Å². The molecule has 0 bridgehead atoms. The largest absolute Gasteiger partial charge is 1.00 e. The Morgan fingerprint density at radius 3 is 0.875 bits per heavy atom. The van der Waals surface area contributed by atoms with Crippen molar-refractivity contribution in [3.05, 3.63) is 14.8 Å². The average Bonchev–Trinajstić information content (AvgIpc) is 1.46. The van der Waals surface area contributed by atoms with E-state index in [9.17, 15) is 0 Å². The molecule has 8 heavy (non-hydrogen) atoms. The van der Waals surface area contributed by atoms with Gasteiger partial charge < -0.3 is 14.8 Å². The van der Waals surface area contributed by atoms with Gasteiger partial charge in [0, 0.05) is 0 Å². The zero-order valence-corrected chi connectivity index (χ0v) is 15.5. The topological polar surface area (TPSA) is 0 Å². The molecule has 0 fully saturated rings. The van der Waals surface area contributed by atoms with Crippen molar-refractivity contribution in [2.45, 2.75) is 0 Å². The maximum atomic E-state index is 5.75. The normalized spacial score (nSPS) is 3.38. The molecule has 0 saturated heterocycles. The van der Waals surface area contributed by atoms with Crippen molar-refractivity contribution >= 4 is 54.0 Å². The first-order valence-electron chi connectivity index (χ1n) is 1.86. The predicted molar refractivity (Wildman–Crippen MR) is 54.4 cm³/mol. The van der Waals surface area contributed by atoms with Gasteiger partial charge >= 0.3 is 103 Å². The van der Waals surface area contributed by atoms with Crippen LogP contribution in [0.1, 0.15) is 4.11 Å². The third-order valence-corrected chi connectivity index (χ3v) is 0. The Kier molecular flexibility index (Phi) is 223. The van der Waals surface area contributed by atoms with Gasteiger partial charge in [-0.25, -0.2) is 4.11 Å². The van der Waals surface area contributed by atoms with Gasteiger partial charge in [-0.1, -0.05) is 0 Å². The van der Waals surface area contributed by atoms with Crippen LogP contribution in [0.4, 0.5) is 0 Å². The van der Waals surface area contributed by atoms with Crippen molar-refractivity contribution in [3.63, 3.8) is 0 Å². The van der Waals surface area contributed by atoms with Gasteiger partial charge in [0.25, 0.3) is 0 Å². The molecule has 0 aliphatic carbocycles. The van der Waals surface area contributed by atoms with E-state index in [1.54, 1.807) is 0 Å². The molecule has 0 aromatic carbocycles. The molecule has 0 amide bonds. The summed E-state index contributed by atoms with van der Waals surface area (Å²) in [6.45, 7) is 0. The Balaban J connectivity index is -0.00000000181. The average molecular weight is 251 g/mol. The Bertz CT molecular complexity index is 21.3. The summed E-state index contributed by atoms with van der Waals surface area (Å²) < 4.78 is 17.0. The molecule has 0 nitrogen and oxygen atoms in total. The number of rotatable bonds is 0. The molecular weight excluding hydrogens is 230 g/mol. The molecule has 0 unspecified atom stereocenters. The maximum Gasteiger partial charge on any atom is 1.00 e. The fraction of sp³-hybridized carbons (Fsp3) is 0. The fourth-order valence-electron chi connectivity index (χ4n) is 0. The molecule has 0 aliphatic heterocycles. The summed E-state index contributed by atoms with van der Waals surface area (Å²) in [5.41, 5.74) is 0. The molecule has 0 aromatic rings. The van der Waals surface area contributed by atoms with E-state index in [1.165, 1.54) is 0 Å². The van der Waals surface area contributed by atoms with Crippen LogP contribution in [0.15, 0.2) is 0 Å². The van der Waals surface area contributed by atoms with Crippen molar-refractivity contribution in [1.29, 1.82) is 0 Å². The summed E-state index contributed by atoms with van der Waals surface area (Å²) in [4.78, 5) is 0. The summed E-state index contributed by atoms with van der Waals surface area (Å²) >= 11 is 0. The van der Waals surface area contributed by atoms with E-state index in [1.807, 2.05) is 0 Å². The number of hydrogen-bond donors (Lipinski definition) is 0. The summed E-state index contributed by atoms with van der Waals surface area (Å²) in [5.74, 6) is 0. The number of hydrogen-bond acceptors (Lipinski definition) is 0. The zero-order valence-electron chi connectivity index (χ0n) is 8.28. The van der Waals surface area contributed by atoms with Crippen LogP contribution < -0.4 is 103 Å². The SMILES string of the molecule is S.S.S.S.[3H][CH-][3H].[3H][CH2-].[K+].[K+]. The van der Waals surface area contributed by atoms with Gasteiger partial charge in [-0.2, -0.15) is 54.0 Å². The standard InChI is InChI=1S/2CH3.2K.4H2S/h2*1H3;;;4*1H2/q2*-1;2*+1;;;;/i1T2;1T;;;;;;. The zero-order chi connectivity index (χ0) is 4.71. The molecule has 48 valence electrons. The van der Waals surface area contributed by atoms with Gasteiger partial charge in [-0.15, -0.1) is 0 Å². The first kappa shape index (κ1) is 29.3. The smallest absolute Gasteiger partial charge is 0.358 e. The van der Waals surface area contributed by atoms with Gasteiger partial charge in [-0.3, -0.25) is 0 Å². The Hall–Kier alpha value is 4.67. The van der Waals surface area contributed by atoms with Crippen LogP contribution >= 0.6 is 54.0 Å². The van der Waals surface area contributed by atoms with Crippen LogP contribution in [0.3, 0.4) is 0 Å². The Labute approximate surface area is 171 Å². The quantitative estimate of drug-likeness (QED) is 0.300. The minimum absolute atomic E-state index is 0. The second kappa shape index (κ2) is 60.9. The molecule has 6 heteroatoms. The van der Waals surface area contributed by atoms with Gasteiger partial charge in [0.1, 0.15) is 0 Å².